The Kier molecular flexibility index (Phi) is 7.60. The molecule has 0 saturated carbocycles. The van der Waals surface area contributed by atoms with Crippen molar-refractivity contribution < 1.29 is 24.1 Å². The summed E-state index contributed by atoms with van der Waals surface area (Å²) >= 11 is 0. The summed E-state index contributed by atoms with van der Waals surface area (Å²) in [7, 11) is 1.59. The third kappa shape index (κ3) is 6.99. The second kappa shape index (κ2) is 9.23. The molecule has 0 heterocycles. The smallest absolute Gasteiger partial charge is 0.328 e. The number of aliphatic hydroxyl groups excluding tert-OH is 1. The van der Waals surface area contributed by atoms with E-state index in [4.69, 9.17) is 14.9 Å². The zero-order chi connectivity index (χ0) is 15.7. The minimum atomic E-state index is -1.08. The lowest BCUT2D eigenvalue weighted by Crippen LogP contribution is -2.29. The molecule has 0 amide bonds. The fourth-order valence-corrected chi connectivity index (χ4v) is 1.92. The minimum Gasteiger partial charge on any atom is -0.478 e. The number of methoxy groups -OCH3 is 1. The van der Waals surface area contributed by atoms with Crippen LogP contribution in [0.5, 0.6) is 0 Å². The SMILES string of the molecule is COCCN(CCO)Cc1cc(F)cc(/C=C/C(=O)O)c1. The van der Waals surface area contributed by atoms with Gasteiger partial charge in [0.05, 0.1) is 13.2 Å². The molecule has 21 heavy (non-hydrogen) atoms. The Morgan fingerprint density at radius 3 is 2.76 bits per heavy atom. The van der Waals surface area contributed by atoms with Gasteiger partial charge in [-0.05, 0) is 29.3 Å². The van der Waals surface area contributed by atoms with E-state index < -0.39 is 11.8 Å². The van der Waals surface area contributed by atoms with Gasteiger partial charge in [0.25, 0.3) is 0 Å². The molecule has 0 saturated heterocycles. The number of carbonyl (C=O) groups is 1. The molecule has 116 valence electrons. The molecule has 6 heteroatoms. The summed E-state index contributed by atoms with van der Waals surface area (Å²) in [5.41, 5.74) is 1.20. The lowest BCUT2D eigenvalue weighted by molar-refractivity contribution is -0.131. The van der Waals surface area contributed by atoms with Gasteiger partial charge in [0.1, 0.15) is 5.82 Å². The van der Waals surface area contributed by atoms with Crippen molar-refractivity contribution >= 4 is 12.0 Å². The first-order valence-corrected chi connectivity index (χ1v) is 6.57. The first-order valence-electron chi connectivity index (χ1n) is 6.57. The Labute approximate surface area is 123 Å². The van der Waals surface area contributed by atoms with E-state index >= 15 is 0 Å². The Hall–Kier alpha value is -1.76. The molecule has 0 aromatic heterocycles. The Morgan fingerprint density at radius 2 is 2.14 bits per heavy atom. The lowest BCUT2D eigenvalue weighted by Gasteiger charge is -2.21. The van der Waals surface area contributed by atoms with Crippen molar-refractivity contribution in [1.29, 1.82) is 0 Å². The van der Waals surface area contributed by atoms with Gasteiger partial charge in [-0.15, -0.1) is 0 Å². The number of hydrogen-bond donors (Lipinski definition) is 2. The lowest BCUT2D eigenvalue weighted by atomic mass is 10.1. The minimum absolute atomic E-state index is 0.00477. The number of nitrogens with zero attached hydrogens (tertiary/aromatic N) is 1. The van der Waals surface area contributed by atoms with Crippen LogP contribution in [0.1, 0.15) is 11.1 Å². The number of benzene rings is 1. The van der Waals surface area contributed by atoms with E-state index in [-0.39, 0.29) is 6.61 Å². The third-order valence-electron chi connectivity index (χ3n) is 2.83. The highest BCUT2D eigenvalue weighted by molar-refractivity contribution is 5.85. The molecule has 0 atom stereocenters. The average Bonchev–Trinajstić information content (AvgIpc) is 2.42. The maximum absolute atomic E-state index is 13.6. The Morgan fingerprint density at radius 1 is 1.38 bits per heavy atom. The highest BCUT2D eigenvalue weighted by Gasteiger charge is 2.07. The average molecular weight is 297 g/mol. The molecule has 0 radical (unpaired) electrons. The second-order valence-corrected chi connectivity index (χ2v) is 4.56. The molecule has 5 nitrogen and oxygen atoms in total. The number of rotatable bonds is 9. The number of ether oxygens (including phenoxy) is 1. The maximum Gasteiger partial charge on any atom is 0.328 e. The van der Waals surface area contributed by atoms with Crippen LogP contribution in [0.4, 0.5) is 4.39 Å². The number of carboxylic acid groups (broad SMARTS) is 1. The molecule has 0 fully saturated rings. The second-order valence-electron chi connectivity index (χ2n) is 4.56. The topological polar surface area (TPSA) is 70.0 Å². The molecule has 0 aliphatic heterocycles. The molecule has 0 unspecified atom stereocenters. The van der Waals surface area contributed by atoms with Gasteiger partial charge in [-0.3, -0.25) is 4.90 Å². The van der Waals surface area contributed by atoms with Crippen LogP contribution in [-0.2, 0) is 16.1 Å². The highest BCUT2D eigenvalue weighted by Crippen LogP contribution is 2.13. The van der Waals surface area contributed by atoms with Gasteiger partial charge in [-0.25, -0.2) is 9.18 Å². The van der Waals surface area contributed by atoms with Crippen molar-refractivity contribution in [3.05, 3.63) is 41.2 Å². The van der Waals surface area contributed by atoms with Crippen LogP contribution in [0.15, 0.2) is 24.3 Å². The number of hydrogen-bond acceptors (Lipinski definition) is 4. The first kappa shape index (κ1) is 17.3. The van der Waals surface area contributed by atoms with Crippen LogP contribution in [0.3, 0.4) is 0 Å². The van der Waals surface area contributed by atoms with Crippen molar-refractivity contribution in [1.82, 2.24) is 4.90 Å². The summed E-state index contributed by atoms with van der Waals surface area (Å²) in [5.74, 6) is -1.50. The summed E-state index contributed by atoms with van der Waals surface area (Å²) in [5, 5.41) is 17.6. The summed E-state index contributed by atoms with van der Waals surface area (Å²) in [6.07, 6.45) is 2.31. The Balaban J connectivity index is 2.82. The van der Waals surface area contributed by atoms with E-state index in [0.717, 1.165) is 6.08 Å². The van der Waals surface area contributed by atoms with E-state index in [9.17, 15) is 9.18 Å². The van der Waals surface area contributed by atoms with Gasteiger partial charge >= 0.3 is 5.97 Å². The number of halogens is 1. The van der Waals surface area contributed by atoms with Crippen molar-refractivity contribution in [2.24, 2.45) is 0 Å². The summed E-state index contributed by atoms with van der Waals surface area (Å²) in [4.78, 5) is 12.4. The number of aliphatic carboxylic acids is 1. The van der Waals surface area contributed by atoms with Crippen LogP contribution in [0.2, 0.25) is 0 Å². The van der Waals surface area contributed by atoms with Crippen LogP contribution in [0, 0.1) is 5.82 Å². The molecule has 0 aliphatic carbocycles. The molecule has 1 aromatic carbocycles. The van der Waals surface area contributed by atoms with Gasteiger partial charge < -0.3 is 14.9 Å². The number of aliphatic hydroxyl groups is 1. The maximum atomic E-state index is 13.6. The van der Waals surface area contributed by atoms with E-state index in [2.05, 4.69) is 0 Å². The molecule has 0 bridgehead atoms. The molecule has 1 aromatic rings. The van der Waals surface area contributed by atoms with Crippen molar-refractivity contribution in [2.45, 2.75) is 6.54 Å². The van der Waals surface area contributed by atoms with Gasteiger partial charge in [-0.2, -0.15) is 0 Å². The summed E-state index contributed by atoms with van der Waals surface area (Å²) in [6, 6.07) is 4.39. The van der Waals surface area contributed by atoms with Gasteiger partial charge in [0.2, 0.25) is 0 Å². The van der Waals surface area contributed by atoms with Crippen LogP contribution in [-0.4, -0.2) is 54.5 Å². The van der Waals surface area contributed by atoms with E-state index in [1.165, 1.54) is 18.2 Å². The molecule has 0 aliphatic rings. The van der Waals surface area contributed by atoms with E-state index in [1.807, 2.05) is 4.90 Å². The van der Waals surface area contributed by atoms with Gasteiger partial charge in [0.15, 0.2) is 0 Å². The third-order valence-corrected chi connectivity index (χ3v) is 2.83. The van der Waals surface area contributed by atoms with Crippen molar-refractivity contribution in [3.63, 3.8) is 0 Å². The predicted molar refractivity (Wildman–Crippen MR) is 77.3 cm³/mol. The van der Waals surface area contributed by atoms with E-state index in [0.29, 0.717) is 37.4 Å². The zero-order valence-electron chi connectivity index (χ0n) is 12.0. The van der Waals surface area contributed by atoms with Crippen molar-refractivity contribution in [3.8, 4) is 0 Å². The summed E-state index contributed by atoms with van der Waals surface area (Å²) in [6.45, 7) is 2.05. The largest absolute Gasteiger partial charge is 0.478 e. The molecule has 0 spiro atoms. The zero-order valence-corrected chi connectivity index (χ0v) is 12.0. The molecular formula is C15H20FNO4. The Bertz CT molecular complexity index is 491. The van der Waals surface area contributed by atoms with Crippen LogP contribution >= 0.6 is 0 Å². The van der Waals surface area contributed by atoms with Crippen LogP contribution in [0.25, 0.3) is 6.08 Å². The van der Waals surface area contributed by atoms with Crippen LogP contribution < -0.4 is 0 Å². The normalized spacial score (nSPS) is 11.4. The van der Waals surface area contributed by atoms with E-state index in [1.54, 1.807) is 13.2 Å². The fourth-order valence-electron chi connectivity index (χ4n) is 1.92. The standard InChI is InChI=1S/C15H20FNO4/c1-21-7-5-17(4-6-18)11-13-8-12(2-3-15(19)20)9-14(16)10-13/h2-3,8-10,18H,4-7,11H2,1H3,(H,19,20)/b3-2+. The van der Waals surface area contributed by atoms with Crippen molar-refractivity contribution in [2.75, 3.05) is 33.4 Å². The summed E-state index contributed by atoms with van der Waals surface area (Å²) < 4.78 is 18.6. The molecular weight excluding hydrogens is 277 g/mol. The fraction of sp³-hybridized carbons (Fsp3) is 0.400. The quantitative estimate of drug-likeness (QED) is 0.674. The van der Waals surface area contributed by atoms with Gasteiger partial charge in [0, 0.05) is 32.8 Å². The molecule has 1 rings (SSSR count). The predicted octanol–water partition coefficient (Wildman–Crippen LogP) is 1.36. The number of carboxylic acids is 1. The molecule has 2 N–H and O–H groups in total. The monoisotopic (exact) mass is 297 g/mol. The first-order chi connectivity index (χ1) is 10.0. The highest BCUT2D eigenvalue weighted by atomic mass is 19.1. The van der Waals surface area contributed by atoms with Gasteiger partial charge in [-0.1, -0.05) is 6.07 Å².